The van der Waals surface area contributed by atoms with Crippen molar-refractivity contribution < 1.29 is 14.3 Å². The molecule has 112 valence electrons. The van der Waals surface area contributed by atoms with Gasteiger partial charge in [0.2, 0.25) is 5.91 Å². The van der Waals surface area contributed by atoms with Gasteiger partial charge in [0.1, 0.15) is 0 Å². The summed E-state index contributed by atoms with van der Waals surface area (Å²) in [6, 6.07) is 0. The Morgan fingerprint density at radius 1 is 1.26 bits per heavy atom. The van der Waals surface area contributed by atoms with Crippen molar-refractivity contribution in [2.45, 2.75) is 45.8 Å². The Hall–Kier alpha value is -0.650. The van der Waals surface area contributed by atoms with E-state index in [1.54, 1.807) is 0 Å². The lowest BCUT2D eigenvalue weighted by atomic mass is 9.93. The third-order valence-corrected chi connectivity index (χ3v) is 3.41. The summed E-state index contributed by atoms with van der Waals surface area (Å²) in [6.07, 6.45) is 3.65. The molecular weight excluding hydrogens is 244 g/mol. The molecular formula is C14H28N2O3. The Morgan fingerprint density at radius 2 is 1.89 bits per heavy atom. The van der Waals surface area contributed by atoms with Crippen LogP contribution in [-0.4, -0.2) is 45.0 Å². The number of piperidine rings is 1. The van der Waals surface area contributed by atoms with E-state index in [0.717, 1.165) is 19.5 Å². The average Bonchev–Trinajstić information content (AvgIpc) is 2.44. The number of rotatable bonds is 9. The van der Waals surface area contributed by atoms with Crippen molar-refractivity contribution in [1.82, 2.24) is 10.6 Å². The van der Waals surface area contributed by atoms with Crippen LogP contribution in [0, 0.1) is 5.92 Å². The van der Waals surface area contributed by atoms with E-state index in [0.29, 0.717) is 32.1 Å². The number of ether oxygens (including phenoxy) is 2. The zero-order valence-electron chi connectivity index (χ0n) is 12.2. The van der Waals surface area contributed by atoms with Crippen LogP contribution in [0.4, 0.5) is 0 Å². The van der Waals surface area contributed by atoms with Crippen molar-refractivity contribution in [3.8, 4) is 0 Å². The molecule has 2 N–H and O–H groups in total. The highest BCUT2D eigenvalue weighted by molar-refractivity contribution is 5.75. The monoisotopic (exact) mass is 272 g/mol. The molecule has 0 aliphatic carbocycles. The second-order valence-electron chi connectivity index (χ2n) is 4.88. The Balaban J connectivity index is 2.11. The fraction of sp³-hybridized carbons (Fsp3) is 0.929. The van der Waals surface area contributed by atoms with Gasteiger partial charge in [-0.2, -0.15) is 0 Å². The van der Waals surface area contributed by atoms with E-state index in [4.69, 9.17) is 9.47 Å². The normalized spacial score (nSPS) is 16.8. The van der Waals surface area contributed by atoms with Crippen LogP contribution in [-0.2, 0) is 14.3 Å². The number of carbonyl (C=O) groups excluding carboxylic acids is 1. The summed E-state index contributed by atoms with van der Waals surface area (Å²) in [6.45, 7) is 7.64. The Bertz CT molecular complexity index is 237. The average molecular weight is 272 g/mol. The molecule has 0 radical (unpaired) electrons. The molecule has 0 aromatic rings. The maximum absolute atomic E-state index is 11.8. The fourth-order valence-electron chi connectivity index (χ4n) is 2.33. The summed E-state index contributed by atoms with van der Waals surface area (Å²) in [4.78, 5) is 11.8. The predicted octanol–water partition coefficient (Wildman–Crippen LogP) is 1.28. The number of hydrogen-bond donors (Lipinski definition) is 2. The first-order valence-electron chi connectivity index (χ1n) is 7.46. The van der Waals surface area contributed by atoms with Crippen LogP contribution in [0.1, 0.15) is 39.5 Å². The van der Waals surface area contributed by atoms with Gasteiger partial charge in [0, 0.05) is 19.6 Å². The van der Waals surface area contributed by atoms with Gasteiger partial charge in [-0.1, -0.05) is 0 Å². The second-order valence-corrected chi connectivity index (χ2v) is 4.88. The molecule has 1 amide bonds. The van der Waals surface area contributed by atoms with Crippen LogP contribution in [0.5, 0.6) is 0 Å². The number of nitrogens with one attached hydrogen (secondary N) is 2. The summed E-state index contributed by atoms with van der Waals surface area (Å²) < 4.78 is 10.8. The highest BCUT2D eigenvalue weighted by Gasteiger charge is 2.15. The molecule has 0 aromatic carbocycles. The van der Waals surface area contributed by atoms with Crippen molar-refractivity contribution in [2.24, 2.45) is 5.92 Å². The number of hydrogen-bond acceptors (Lipinski definition) is 4. The van der Waals surface area contributed by atoms with E-state index in [1.807, 2.05) is 13.8 Å². The lowest BCUT2D eigenvalue weighted by Gasteiger charge is -2.22. The fourth-order valence-corrected chi connectivity index (χ4v) is 2.33. The van der Waals surface area contributed by atoms with Gasteiger partial charge in [0.25, 0.3) is 0 Å². The molecule has 1 aliphatic heterocycles. The molecule has 1 aliphatic rings. The quantitative estimate of drug-likeness (QED) is 0.621. The summed E-state index contributed by atoms with van der Waals surface area (Å²) in [7, 11) is 0. The number of amides is 1. The molecule has 1 heterocycles. The molecule has 0 atom stereocenters. The third-order valence-electron chi connectivity index (χ3n) is 3.41. The van der Waals surface area contributed by atoms with Gasteiger partial charge >= 0.3 is 0 Å². The van der Waals surface area contributed by atoms with Crippen LogP contribution < -0.4 is 10.6 Å². The molecule has 19 heavy (non-hydrogen) atoms. The van der Waals surface area contributed by atoms with Gasteiger partial charge < -0.3 is 20.1 Å². The summed E-state index contributed by atoms with van der Waals surface area (Å²) in [5, 5.41) is 6.22. The van der Waals surface area contributed by atoms with Gasteiger partial charge in [0.05, 0.1) is 6.54 Å². The van der Waals surface area contributed by atoms with Crippen LogP contribution in [0.25, 0.3) is 0 Å². The van der Waals surface area contributed by atoms with E-state index < -0.39 is 0 Å². The largest absolute Gasteiger partial charge is 0.351 e. The molecule has 0 saturated carbocycles. The van der Waals surface area contributed by atoms with Crippen molar-refractivity contribution >= 4 is 5.91 Å². The first-order chi connectivity index (χ1) is 9.26. The van der Waals surface area contributed by atoms with E-state index >= 15 is 0 Å². The van der Waals surface area contributed by atoms with E-state index in [9.17, 15) is 4.79 Å². The Labute approximate surface area is 116 Å². The Morgan fingerprint density at radius 3 is 2.47 bits per heavy atom. The molecule has 5 nitrogen and oxygen atoms in total. The van der Waals surface area contributed by atoms with Gasteiger partial charge in [0.15, 0.2) is 6.29 Å². The SMILES string of the molecule is CCOC(CNC(=O)CCC1CCNCC1)OCC. The second kappa shape index (κ2) is 10.2. The summed E-state index contributed by atoms with van der Waals surface area (Å²) in [5.41, 5.74) is 0. The minimum Gasteiger partial charge on any atom is -0.351 e. The van der Waals surface area contributed by atoms with E-state index in [2.05, 4.69) is 10.6 Å². The van der Waals surface area contributed by atoms with Crippen molar-refractivity contribution in [1.29, 1.82) is 0 Å². The third kappa shape index (κ3) is 7.50. The topological polar surface area (TPSA) is 59.6 Å². The van der Waals surface area contributed by atoms with Gasteiger partial charge in [-0.15, -0.1) is 0 Å². The van der Waals surface area contributed by atoms with Crippen LogP contribution in [0.3, 0.4) is 0 Å². The van der Waals surface area contributed by atoms with Crippen LogP contribution >= 0.6 is 0 Å². The maximum Gasteiger partial charge on any atom is 0.220 e. The minimum absolute atomic E-state index is 0.0999. The van der Waals surface area contributed by atoms with Gasteiger partial charge in [-0.3, -0.25) is 4.79 Å². The maximum atomic E-state index is 11.8. The van der Waals surface area contributed by atoms with Crippen molar-refractivity contribution in [3.05, 3.63) is 0 Å². The molecule has 0 bridgehead atoms. The molecule has 5 heteroatoms. The zero-order valence-corrected chi connectivity index (χ0v) is 12.2. The minimum atomic E-state index is -0.321. The first kappa shape index (κ1) is 16.4. The highest BCUT2D eigenvalue weighted by atomic mass is 16.7. The zero-order chi connectivity index (χ0) is 13.9. The molecule has 0 aromatic heterocycles. The predicted molar refractivity (Wildman–Crippen MR) is 74.9 cm³/mol. The smallest absolute Gasteiger partial charge is 0.220 e. The molecule has 1 fully saturated rings. The molecule has 1 rings (SSSR count). The highest BCUT2D eigenvalue weighted by Crippen LogP contribution is 2.17. The van der Waals surface area contributed by atoms with E-state index in [1.165, 1.54) is 12.8 Å². The molecule has 1 saturated heterocycles. The Kier molecular flexibility index (Phi) is 8.79. The standard InChI is InChI=1S/C14H28N2O3/c1-3-18-14(19-4-2)11-16-13(17)6-5-12-7-9-15-10-8-12/h12,14-15H,3-11H2,1-2H3,(H,16,17). The van der Waals surface area contributed by atoms with E-state index in [-0.39, 0.29) is 12.2 Å². The summed E-state index contributed by atoms with van der Waals surface area (Å²) in [5.74, 6) is 0.796. The lowest BCUT2D eigenvalue weighted by molar-refractivity contribution is -0.140. The van der Waals surface area contributed by atoms with Crippen molar-refractivity contribution in [2.75, 3.05) is 32.8 Å². The first-order valence-corrected chi connectivity index (χ1v) is 7.46. The molecule has 0 spiro atoms. The van der Waals surface area contributed by atoms with Crippen LogP contribution in [0.15, 0.2) is 0 Å². The van der Waals surface area contributed by atoms with Crippen molar-refractivity contribution in [3.63, 3.8) is 0 Å². The van der Waals surface area contributed by atoms with Gasteiger partial charge in [-0.05, 0) is 52.1 Å². The lowest BCUT2D eigenvalue weighted by Crippen LogP contribution is -2.36. The number of carbonyl (C=O) groups is 1. The molecule has 0 unspecified atom stereocenters. The van der Waals surface area contributed by atoms with Crippen LogP contribution in [0.2, 0.25) is 0 Å². The summed E-state index contributed by atoms with van der Waals surface area (Å²) >= 11 is 0. The van der Waals surface area contributed by atoms with Gasteiger partial charge in [-0.25, -0.2) is 0 Å².